The summed E-state index contributed by atoms with van der Waals surface area (Å²) in [6.07, 6.45) is 1.66. The molecule has 1 unspecified atom stereocenters. The van der Waals surface area contributed by atoms with E-state index in [1.54, 1.807) is 6.20 Å². The summed E-state index contributed by atoms with van der Waals surface area (Å²) in [5, 5.41) is 11.8. The van der Waals surface area contributed by atoms with Crippen LogP contribution in [0.1, 0.15) is 11.0 Å². The monoisotopic (exact) mass is 241 g/mol. The Balaban J connectivity index is 2.11. The Morgan fingerprint density at radius 2 is 2.19 bits per heavy atom. The smallest absolute Gasteiger partial charge is 0.328 e. The molecule has 0 saturated carbocycles. The predicted molar refractivity (Wildman–Crippen MR) is 61.6 cm³/mol. The lowest BCUT2D eigenvalue weighted by Crippen LogP contribution is -2.47. The summed E-state index contributed by atoms with van der Waals surface area (Å²) in [5.74, 6) is -0.806. The van der Waals surface area contributed by atoms with Gasteiger partial charge < -0.3 is 10.0 Å². The first-order valence-electron chi connectivity index (χ1n) is 5.23. The van der Waals surface area contributed by atoms with Crippen LogP contribution in [-0.4, -0.2) is 59.1 Å². The first kappa shape index (κ1) is 11.5. The van der Waals surface area contributed by atoms with Crippen LogP contribution in [0.5, 0.6) is 0 Å². The molecule has 0 radical (unpaired) electrons. The summed E-state index contributed by atoms with van der Waals surface area (Å²) in [7, 11) is 2.05. The van der Waals surface area contributed by atoms with Crippen LogP contribution in [0.4, 0.5) is 0 Å². The largest absolute Gasteiger partial charge is 0.480 e. The second kappa shape index (κ2) is 4.90. The van der Waals surface area contributed by atoms with E-state index in [0.29, 0.717) is 5.01 Å². The molecule has 1 saturated heterocycles. The number of carbonyl (C=O) groups is 1. The van der Waals surface area contributed by atoms with Gasteiger partial charge in [0.1, 0.15) is 5.01 Å². The van der Waals surface area contributed by atoms with Gasteiger partial charge >= 0.3 is 5.97 Å². The molecule has 0 aliphatic carbocycles. The standard InChI is InChI=1S/C10H15N3O2S/c1-12-3-5-13(6-4-12)8(10(14)15)9-11-2-7-16-9/h2,7-8H,3-6H2,1H3,(H,14,15). The summed E-state index contributed by atoms with van der Waals surface area (Å²) in [6, 6.07) is -0.575. The van der Waals surface area contributed by atoms with Crippen molar-refractivity contribution in [2.24, 2.45) is 0 Å². The van der Waals surface area contributed by atoms with Crippen LogP contribution in [0, 0.1) is 0 Å². The number of piperazine rings is 1. The molecule has 1 N–H and O–H groups in total. The molecule has 0 bridgehead atoms. The second-order valence-corrected chi connectivity index (χ2v) is 4.88. The van der Waals surface area contributed by atoms with Crippen molar-refractivity contribution in [1.29, 1.82) is 0 Å². The van der Waals surface area contributed by atoms with Crippen LogP contribution in [0.25, 0.3) is 0 Å². The highest BCUT2D eigenvalue weighted by Gasteiger charge is 2.31. The summed E-state index contributed by atoms with van der Waals surface area (Å²) in [5.41, 5.74) is 0. The molecule has 2 heterocycles. The number of aliphatic carboxylic acids is 1. The predicted octanol–water partition coefficient (Wildman–Crippen LogP) is 0.516. The van der Waals surface area contributed by atoms with Crippen molar-refractivity contribution in [1.82, 2.24) is 14.8 Å². The van der Waals surface area contributed by atoms with E-state index in [-0.39, 0.29) is 0 Å². The minimum atomic E-state index is -0.806. The van der Waals surface area contributed by atoms with E-state index in [0.717, 1.165) is 26.2 Å². The third kappa shape index (κ3) is 2.40. The van der Waals surface area contributed by atoms with Gasteiger partial charge in [-0.25, -0.2) is 4.98 Å². The van der Waals surface area contributed by atoms with Crippen molar-refractivity contribution >= 4 is 17.3 Å². The summed E-state index contributed by atoms with van der Waals surface area (Å²) in [4.78, 5) is 19.6. The minimum Gasteiger partial charge on any atom is -0.480 e. The fraction of sp³-hybridized carbons (Fsp3) is 0.600. The van der Waals surface area contributed by atoms with Crippen molar-refractivity contribution in [3.63, 3.8) is 0 Å². The molecule has 0 amide bonds. The van der Waals surface area contributed by atoms with Crippen molar-refractivity contribution < 1.29 is 9.90 Å². The number of likely N-dealkylation sites (N-methyl/N-ethyl adjacent to an activating group) is 1. The number of carboxylic acids is 1. The molecule has 88 valence electrons. The average Bonchev–Trinajstić information content (AvgIpc) is 2.74. The van der Waals surface area contributed by atoms with Crippen LogP contribution in [0.15, 0.2) is 11.6 Å². The average molecular weight is 241 g/mol. The van der Waals surface area contributed by atoms with Crippen molar-refractivity contribution in [2.75, 3.05) is 33.2 Å². The lowest BCUT2D eigenvalue weighted by Gasteiger charge is -2.35. The van der Waals surface area contributed by atoms with E-state index in [1.807, 2.05) is 10.3 Å². The maximum Gasteiger partial charge on any atom is 0.328 e. The molecule has 5 nitrogen and oxygen atoms in total. The Labute approximate surface area is 98.3 Å². The highest BCUT2D eigenvalue weighted by molar-refractivity contribution is 7.09. The van der Waals surface area contributed by atoms with Crippen LogP contribution in [-0.2, 0) is 4.79 Å². The second-order valence-electron chi connectivity index (χ2n) is 3.95. The van der Waals surface area contributed by atoms with E-state index >= 15 is 0 Å². The van der Waals surface area contributed by atoms with Gasteiger partial charge in [-0.3, -0.25) is 9.69 Å². The van der Waals surface area contributed by atoms with Crippen LogP contribution < -0.4 is 0 Å². The Morgan fingerprint density at radius 3 is 2.69 bits per heavy atom. The Morgan fingerprint density at radius 1 is 1.50 bits per heavy atom. The van der Waals surface area contributed by atoms with E-state index in [4.69, 9.17) is 0 Å². The molecule has 1 aromatic rings. The number of carboxylic acid groups (broad SMARTS) is 1. The van der Waals surface area contributed by atoms with Crippen molar-refractivity contribution in [3.8, 4) is 0 Å². The lowest BCUT2D eigenvalue weighted by molar-refractivity contribution is -0.144. The van der Waals surface area contributed by atoms with Gasteiger partial charge in [0.05, 0.1) is 0 Å². The number of nitrogens with zero attached hydrogens (tertiary/aromatic N) is 3. The zero-order chi connectivity index (χ0) is 11.5. The van der Waals surface area contributed by atoms with Crippen LogP contribution in [0.2, 0.25) is 0 Å². The molecule has 0 spiro atoms. The topological polar surface area (TPSA) is 56.7 Å². The maximum absolute atomic E-state index is 11.3. The molecule has 1 atom stereocenters. The van der Waals surface area contributed by atoms with Gasteiger partial charge in [0.15, 0.2) is 6.04 Å². The summed E-state index contributed by atoms with van der Waals surface area (Å²) in [6.45, 7) is 3.39. The summed E-state index contributed by atoms with van der Waals surface area (Å²) >= 11 is 1.41. The van der Waals surface area contributed by atoms with E-state index in [1.165, 1.54) is 11.3 Å². The zero-order valence-corrected chi connectivity index (χ0v) is 9.98. The molecule has 1 aliphatic rings. The number of hydrogen-bond acceptors (Lipinski definition) is 5. The van der Waals surface area contributed by atoms with Gasteiger partial charge in [-0.2, -0.15) is 0 Å². The highest BCUT2D eigenvalue weighted by Crippen LogP contribution is 2.23. The molecule has 1 aromatic heterocycles. The van der Waals surface area contributed by atoms with Gasteiger partial charge in [-0.1, -0.05) is 0 Å². The zero-order valence-electron chi connectivity index (χ0n) is 9.17. The fourth-order valence-electron chi connectivity index (χ4n) is 1.87. The molecule has 16 heavy (non-hydrogen) atoms. The van der Waals surface area contributed by atoms with Gasteiger partial charge in [-0.05, 0) is 7.05 Å². The highest BCUT2D eigenvalue weighted by atomic mass is 32.1. The number of aromatic nitrogens is 1. The first-order valence-corrected chi connectivity index (χ1v) is 6.11. The molecular weight excluding hydrogens is 226 g/mol. The third-order valence-corrected chi connectivity index (χ3v) is 3.65. The summed E-state index contributed by atoms with van der Waals surface area (Å²) < 4.78 is 0. The normalized spacial score (nSPS) is 20.8. The Hall–Kier alpha value is -0.980. The Kier molecular flexibility index (Phi) is 3.52. The molecule has 6 heteroatoms. The van der Waals surface area contributed by atoms with Crippen LogP contribution in [0.3, 0.4) is 0 Å². The quantitative estimate of drug-likeness (QED) is 0.836. The SMILES string of the molecule is CN1CCN(C(C(=O)O)c2nccs2)CC1. The molecule has 1 aliphatic heterocycles. The van der Waals surface area contributed by atoms with Gasteiger partial charge in [-0.15, -0.1) is 11.3 Å². The van der Waals surface area contributed by atoms with E-state index < -0.39 is 12.0 Å². The molecule has 0 aromatic carbocycles. The van der Waals surface area contributed by atoms with Crippen LogP contribution >= 0.6 is 11.3 Å². The van der Waals surface area contributed by atoms with Gasteiger partial charge in [0.25, 0.3) is 0 Å². The van der Waals surface area contributed by atoms with Crippen molar-refractivity contribution in [3.05, 3.63) is 16.6 Å². The van der Waals surface area contributed by atoms with Crippen molar-refractivity contribution in [2.45, 2.75) is 6.04 Å². The Bertz CT molecular complexity index is 347. The molecule has 2 rings (SSSR count). The number of thiazole rings is 1. The maximum atomic E-state index is 11.3. The third-order valence-electron chi connectivity index (χ3n) is 2.82. The minimum absolute atomic E-state index is 0.575. The van der Waals surface area contributed by atoms with E-state index in [2.05, 4.69) is 16.9 Å². The van der Waals surface area contributed by atoms with Gasteiger partial charge in [0, 0.05) is 37.8 Å². The molecule has 1 fully saturated rings. The molecular formula is C10H15N3O2S. The lowest BCUT2D eigenvalue weighted by atomic mass is 10.2. The number of rotatable bonds is 3. The number of hydrogen-bond donors (Lipinski definition) is 1. The first-order chi connectivity index (χ1) is 7.68. The van der Waals surface area contributed by atoms with E-state index in [9.17, 15) is 9.90 Å². The van der Waals surface area contributed by atoms with Gasteiger partial charge in [0.2, 0.25) is 0 Å². The fourth-order valence-corrected chi connectivity index (χ4v) is 2.63.